The Morgan fingerprint density at radius 3 is 2.93 bits per heavy atom. The first-order valence-electron chi connectivity index (χ1n) is 5.98. The van der Waals surface area contributed by atoms with Crippen LogP contribution < -0.4 is 16.0 Å². The van der Waals surface area contributed by atoms with Gasteiger partial charge in [-0.1, -0.05) is 18.6 Å². The normalized spacial score (nSPS) is 30.1. The smallest absolute Gasteiger partial charge is 0.0566 e. The molecule has 84 valence electrons. The third-order valence-corrected chi connectivity index (χ3v) is 3.03. The molecular weight excluding hydrogens is 186 g/mol. The van der Waals surface area contributed by atoms with E-state index in [4.69, 9.17) is 0 Å². The van der Waals surface area contributed by atoms with Crippen LogP contribution in [0.3, 0.4) is 0 Å². The zero-order valence-electron chi connectivity index (χ0n) is 9.21. The highest BCUT2D eigenvalue weighted by Gasteiger charge is 2.12. The monoisotopic (exact) mass is 207 g/mol. The fraction of sp³-hybridized carbons (Fsp3) is 0.667. The van der Waals surface area contributed by atoms with Gasteiger partial charge in [0.05, 0.1) is 6.04 Å². The molecule has 15 heavy (non-hydrogen) atoms. The van der Waals surface area contributed by atoms with Gasteiger partial charge in [-0.05, 0) is 31.7 Å². The van der Waals surface area contributed by atoms with Gasteiger partial charge in [0.2, 0.25) is 0 Å². The van der Waals surface area contributed by atoms with Crippen molar-refractivity contribution < 1.29 is 0 Å². The highest BCUT2D eigenvalue weighted by Crippen LogP contribution is 2.05. The standard InChI is InChI=1S/C12H21N3/c1-3-7-14-11(5-1)9-13-10-12-6-2-4-8-15-12/h1,3,5,7,11-15H,2,4,6,8-10H2. The zero-order valence-corrected chi connectivity index (χ0v) is 9.21. The number of rotatable bonds is 4. The van der Waals surface area contributed by atoms with Gasteiger partial charge in [0.25, 0.3) is 0 Å². The van der Waals surface area contributed by atoms with Crippen LogP contribution in [0.5, 0.6) is 0 Å². The summed E-state index contributed by atoms with van der Waals surface area (Å²) in [6.07, 6.45) is 12.4. The van der Waals surface area contributed by atoms with Crippen molar-refractivity contribution in [3.05, 3.63) is 24.4 Å². The number of hydrogen-bond acceptors (Lipinski definition) is 3. The molecule has 3 N–H and O–H groups in total. The lowest BCUT2D eigenvalue weighted by Gasteiger charge is -2.25. The van der Waals surface area contributed by atoms with E-state index in [1.165, 1.54) is 25.8 Å². The van der Waals surface area contributed by atoms with Gasteiger partial charge in [-0.25, -0.2) is 0 Å². The summed E-state index contributed by atoms with van der Waals surface area (Å²) in [4.78, 5) is 0. The zero-order chi connectivity index (χ0) is 10.3. The van der Waals surface area contributed by atoms with Gasteiger partial charge in [0, 0.05) is 19.1 Å². The van der Waals surface area contributed by atoms with E-state index in [9.17, 15) is 0 Å². The molecule has 0 amide bonds. The molecule has 2 unspecified atom stereocenters. The predicted molar refractivity (Wildman–Crippen MR) is 63.7 cm³/mol. The molecule has 0 radical (unpaired) electrons. The first-order valence-corrected chi connectivity index (χ1v) is 5.98. The van der Waals surface area contributed by atoms with Crippen LogP contribution in [-0.2, 0) is 0 Å². The number of dihydropyridines is 1. The number of piperidine rings is 1. The highest BCUT2D eigenvalue weighted by atomic mass is 15.0. The van der Waals surface area contributed by atoms with E-state index in [0.29, 0.717) is 12.1 Å². The average Bonchev–Trinajstić information content (AvgIpc) is 2.32. The molecule has 3 nitrogen and oxygen atoms in total. The van der Waals surface area contributed by atoms with E-state index in [1.54, 1.807) is 0 Å². The Balaban J connectivity index is 1.57. The number of hydrogen-bond donors (Lipinski definition) is 3. The second-order valence-electron chi connectivity index (χ2n) is 4.32. The van der Waals surface area contributed by atoms with Crippen molar-refractivity contribution in [2.75, 3.05) is 19.6 Å². The molecule has 2 aliphatic rings. The van der Waals surface area contributed by atoms with E-state index >= 15 is 0 Å². The van der Waals surface area contributed by atoms with Crippen LogP contribution in [0.1, 0.15) is 19.3 Å². The summed E-state index contributed by atoms with van der Waals surface area (Å²) in [5.41, 5.74) is 0. The van der Waals surface area contributed by atoms with Gasteiger partial charge in [-0.3, -0.25) is 0 Å². The maximum atomic E-state index is 3.54. The van der Waals surface area contributed by atoms with E-state index in [2.05, 4.69) is 28.1 Å². The maximum absolute atomic E-state index is 3.54. The van der Waals surface area contributed by atoms with E-state index < -0.39 is 0 Å². The van der Waals surface area contributed by atoms with Gasteiger partial charge in [-0.15, -0.1) is 0 Å². The molecular formula is C12H21N3. The Bertz CT molecular complexity index is 229. The van der Waals surface area contributed by atoms with Crippen LogP contribution in [0.2, 0.25) is 0 Å². The quantitative estimate of drug-likeness (QED) is 0.637. The summed E-state index contributed by atoms with van der Waals surface area (Å²) in [6.45, 7) is 3.30. The molecule has 2 aliphatic heterocycles. The fourth-order valence-corrected chi connectivity index (χ4v) is 2.13. The Morgan fingerprint density at radius 1 is 1.20 bits per heavy atom. The van der Waals surface area contributed by atoms with Gasteiger partial charge in [0.15, 0.2) is 0 Å². The third-order valence-electron chi connectivity index (χ3n) is 3.03. The van der Waals surface area contributed by atoms with Crippen LogP contribution in [0.15, 0.2) is 24.4 Å². The second-order valence-corrected chi connectivity index (χ2v) is 4.32. The van der Waals surface area contributed by atoms with Gasteiger partial charge >= 0.3 is 0 Å². The second kappa shape index (κ2) is 5.93. The van der Waals surface area contributed by atoms with Crippen molar-refractivity contribution >= 4 is 0 Å². The molecule has 3 heteroatoms. The van der Waals surface area contributed by atoms with Crippen LogP contribution in [0.25, 0.3) is 0 Å². The first-order chi connectivity index (χ1) is 7.45. The summed E-state index contributed by atoms with van der Waals surface area (Å²) in [6, 6.07) is 1.14. The van der Waals surface area contributed by atoms with Crippen molar-refractivity contribution in [3.8, 4) is 0 Å². The molecule has 0 bridgehead atoms. The molecule has 0 saturated carbocycles. The van der Waals surface area contributed by atoms with E-state index in [-0.39, 0.29) is 0 Å². The minimum Gasteiger partial charge on any atom is -0.383 e. The molecule has 1 fully saturated rings. The SMILES string of the molecule is C1=CNC(CNCC2CCCCN2)C=C1. The summed E-state index contributed by atoms with van der Waals surface area (Å²) < 4.78 is 0. The third kappa shape index (κ3) is 3.68. The van der Waals surface area contributed by atoms with Crippen LogP contribution in [-0.4, -0.2) is 31.7 Å². The topological polar surface area (TPSA) is 36.1 Å². The maximum Gasteiger partial charge on any atom is 0.0566 e. The highest BCUT2D eigenvalue weighted by molar-refractivity contribution is 5.12. The number of allylic oxidation sites excluding steroid dienone is 2. The minimum absolute atomic E-state index is 0.457. The van der Waals surface area contributed by atoms with Crippen molar-refractivity contribution in [3.63, 3.8) is 0 Å². The largest absolute Gasteiger partial charge is 0.383 e. The Labute approximate surface area is 92.0 Å². The summed E-state index contributed by atoms with van der Waals surface area (Å²) in [5.74, 6) is 0. The van der Waals surface area contributed by atoms with Crippen molar-refractivity contribution in [2.24, 2.45) is 0 Å². The molecule has 1 saturated heterocycles. The molecule has 2 heterocycles. The first kappa shape index (κ1) is 10.7. The molecule has 2 rings (SSSR count). The molecule has 2 atom stereocenters. The van der Waals surface area contributed by atoms with Crippen LogP contribution in [0, 0.1) is 0 Å². The van der Waals surface area contributed by atoms with Gasteiger partial charge in [0.1, 0.15) is 0 Å². The van der Waals surface area contributed by atoms with Crippen molar-refractivity contribution in [1.29, 1.82) is 0 Å². The van der Waals surface area contributed by atoms with Crippen LogP contribution >= 0.6 is 0 Å². The van der Waals surface area contributed by atoms with Crippen molar-refractivity contribution in [2.45, 2.75) is 31.3 Å². The number of nitrogens with one attached hydrogen (secondary N) is 3. The van der Waals surface area contributed by atoms with E-state index in [0.717, 1.165) is 13.1 Å². The summed E-state index contributed by atoms with van der Waals surface area (Å²) in [5, 5.41) is 10.4. The van der Waals surface area contributed by atoms with Crippen molar-refractivity contribution in [1.82, 2.24) is 16.0 Å². The Kier molecular flexibility index (Phi) is 4.23. The lowest BCUT2D eigenvalue weighted by molar-refractivity contribution is 0.380. The molecule has 0 aromatic heterocycles. The Morgan fingerprint density at radius 2 is 2.20 bits per heavy atom. The molecule has 0 spiro atoms. The summed E-state index contributed by atoms with van der Waals surface area (Å²) >= 11 is 0. The van der Waals surface area contributed by atoms with E-state index in [1.807, 2.05) is 12.3 Å². The van der Waals surface area contributed by atoms with Crippen LogP contribution in [0.4, 0.5) is 0 Å². The summed E-state index contributed by atoms with van der Waals surface area (Å²) in [7, 11) is 0. The molecule has 0 aromatic carbocycles. The lowest BCUT2D eigenvalue weighted by atomic mass is 10.1. The lowest BCUT2D eigenvalue weighted by Crippen LogP contribution is -2.45. The fourth-order valence-electron chi connectivity index (χ4n) is 2.13. The predicted octanol–water partition coefficient (Wildman–Crippen LogP) is 0.760. The Hall–Kier alpha value is -0.800. The molecule has 0 aromatic rings. The molecule has 0 aliphatic carbocycles. The van der Waals surface area contributed by atoms with Gasteiger partial charge in [-0.2, -0.15) is 0 Å². The average molecular weight is 207 g/mol. The minimum atomic E-state index is 0.457. The van der Waals surface area contributed by atoms with Gasteiger partial charge < -0.3 is 16.0 Å².